The number of amides is 3. The Hall–Kier alpha value is -4.91. The van der Waals surface area contributed by atoms with Crippen LogP contribution in [0.3, 0.4) is 0 Å². The monoisotopic (exact) mass is 719 g/mol. The number of aliphatic hydroxyl groups excluding tert-OH is 2. The van der Waals surface area contributed by atoms with E-state index in [1.54, 1.807) is 0 Å². The Balaban J connectivity index is 1.00. The molecule has 4 aromatic carbocycles. The highest BCUT2D eigenvalue weighted by Gasteiger charge is 2.40. The molecule has 276 valence electrons. The minimum atomic E-state index is -0.976. The van der Waals surface area contributed by atoms with Crippen molar-refractivity contribution in [1.82, 2.24) is 15.1 Å². The smallest absolute Gasteiger partial charge is 0.408 e. The Morgan fingerprint density at radius 3 is 2.34 bits per heavy atom. The largest absolute Gasteiger partial charge is 0.445 e. The maximum Gasteiger partial charge on any atom is 0.408 e. The van der Waals surface area contributed by atoms with Gasteiger partial charge in [0.05, 0.1) is 38.4 Å². The van der Waals surface area contributed by atoms with Crippen LogP contribution >= 0.6 is 0 Å². The highest BCUT2D eigenvalue weighted by atomic mass is 16.7. The predicted molar refractivity (Wildman–Crippen MR) is 196 cm³/mol. The van der Waals surface area contributed by atoms with E-state index >= 15 is 0 Å². The quantitative estimate of drug-likeness (QED) is 0.164. The fraction of sp³-hybridized carbons (Fsp3) is 0.357. The summed E-state index contributed by atoms with van der Waals surface area (Å²) in [6, 6.07) is 31.9. The van der Waals surface area contributed by atoms with Crippen molar-refractivity contribution in [2.24, 2.45) is 0 Å². The molecule has 0 aliphatic carbocycles. The predicted octanol–water partition coefficient (Wildman–Crippen LogP) is 5.40. The molecule has 3 aliphatic rings. The number of hydrogen-bond acceptors (Lipinski definition) is 9. The van der Waals surface area contributed by atoms with Gasteiger partial charge in [0.2, 0.25) is 5.91 Å². The first kappa shape index (κ1) is 36.4. The van der Waals surface area contributed by atoms with Gasteiger partial charge in [-0.25, -0.2) is 4.79 Å². The summed E-state index contributed by atoms with van der Waals surface area (Å²) in [5.41, 5.74) is 6.20. The van der Waals surface area contributed by atoms with E-state index < -0.39 is 24.3 Å². The molecule has 5 atom stereocenters. The zero-order valence-electron chi connectivity index (χ0n) is 29.5. The van der Waals surface area contributed by atoms with Gasteiger partial charge in [-0.3, -0.25) is 19.4 Å². The standard InChI is InChI=1S/C42H45N3O8/c46-25-28-11-13-32(14-12-28)38-21-36(24-44-19-5-10-35(44)26-47)52-41(53-38)33-17-15-31(16-18-33)34-9-4-8-30(20-34)23-45-39(48)22-37(40(45)49)43-42(50)51-27-29-6-2-1-3-7-29/h1-4,6-9,11-18,20,35-38,41,46-47H,5,10,19,21-27H2,(H,43,50)/t35-,36+,37?,38-,41-/m0/s1. The fourth-order valence-electron chi connectivity index (χ4n) is 7.37. The first-order valence-electron chi connectivity index (χ1n) is 18.2. The van der Waals surface area contributed by atoms with Crippen molar-refractivity contribution in [2.45, 2.75) is 76.0 Å². The van der Waals surface area contributed by atoms with E-state index in [1.807, 2.05) is 103 Å². The van der Waals surface area contributed by atoms with Gasteiger partial charge >= 0.3 is 6.09 Å². The van der Waals surface area contributed by atoms with Gasteiger partial charge in [0, 0.05) is 24.6 Å². The molecule has 0 saturated carbocycles. The molecule has 3 fully saturated rings. The van der Waals surface area contributed by atoms with Crippen molar-refractivity contribution in [3.8, 4) is 11.1 Å². The van der Waals surface area contributed by atoms with Crippen molar-refractivity contribution in [3.05, 3.63) is 131 Å². The molecular formula is C42H45N3O8. The van der Waals surface area contributed by atoms with Crippen LogP contribution in [0.2, 0.25) is 0 Å². The van der Waals surface area contributed by atoms with Crippen LogP contribution in [0, 0.1) is 0 Å². The Morgan fingerprint density at radius 1 is 0.830 bits per heavy atom. The van der Waals surface area contributed by atoms with Gasteiger partial charge in [0.1, 0.15) is 12.6 Å². The van der Waals surface area contributed by atoms with Gasteiger partial charge < -0.3 is 29.7 Å². The number of hydrogen-bond donors (Lipinski definition) is 3. The number of likely N-dealkylation sites (tertiary alicyclic amines) is 2. The number of rotatable bonds is 12. The lowest BCUT2D eigenvalue weighted by molar-refractivity contribution is -0.253. The first-order valence-corrected chi connectivity index (χ1v) is 18.2. The summed E-state index contributed by atoms with van der Waals surface area (Å²) in [7, 11) is 0. The van der Waals surface area contributed by atoms with Crippen LogP contribution in [-0.2, 0) is 43.6 Å². The highest BCUT2D eigenvalue weighted by molar-refractivity contribution is 6.06. The number of ether oxygens (including phenoxy) is 3. The molecule has 53 heavy (non-hydrogen) atoms. The van der Waals surface area contributed by atoms with Crippen molar-refractivity contribution < 1.29 is 38.8 Å². The zero-order valence-corrected chi connectivity index (χ0v) is 29.5. The molecule has 3 N–H and O–H groups in total. The molecule has 0 radical (unpaired) electrons. The van der Waals surface area contributed by atoms with Gasteiger partial charge in [-0.1, -0.05) is 97.1 Å². The molecule has 7 rings (SSSR count). The number of nitrogens with zero attached hydrogens (tertiary/aromatic N) is 2. The van der Waals surface area contributed by atoms with E-state index in [9.17, 15) is 24.6 Å². The van der Waals surface area contributed by atoms with Gasteiger partial charge in [-0.05, 0) is 58.8 Å². The summed E-state index contributed by atoms with van der Waals surface area (Å²) in [6.45, 7) is 1.90. The lowest BCUT2D eigenvalue weighted by Crippen LogP contribution is -2.42. The number of aliphatic hydroxyl groups is 2. The molecule has 11 nitrogen and oxygen atoms in total. The second-order valence-electron chi connectivity index (χ2n) is 13.9. The summed E-state index contributed by atoms with van der Waals surface area (Å²) in [4.78, 5) is 41.9. The number of nitrogens with one attached hydrogen (secondary N) is 1. The Bertz CT molecular complexity index is 1870. The normalized spacial score (nSPS) is 23.4. The average molecular weight is 720 g/mol. The number of alkyl carbamates (subject to hydrolysis) is 1. The maximum atomic E-state index is 13.2. The molecule has 3 saturated heterocycles. The van der Waals surface area contributed by atoms with E-state index in [0.29, 0.717) is 13.0 Å². The van der Waals surface area contributed by atoms with E-state index in [-0.39, 0.29) is 56.9 Å². The zero-order chi connectivity index (χ0) is 36.7. The molecule has 0 spiro atoms. The van der Waals surface area contributed by atoms with E-state index in [4.69, 9.17) is 14.2 Å². The Morgan fingerprint density at radius 2 is 1.58 bits per heavy atom. The highest BCUT2D eigenvalue weighted by Crippen LogP contribution is 2.39. The van der Waals surface area contributed by atoms with E-state index in [2.05, 4.69) is 10.2 Å². The van der Waals surface area contributed by atoms with Crippen molar-refractivity contribution in [2.75, 3.05) is 19.7 Å². The van der Waals surface area contributed by atoms with Gasteiger partial charge in [-0.2, -0.15) is 0 Å². The van der Waals surface area contributed by atoms with Crippen LogP contribution < -0.4 is 5.32 Å². The third kappa shape index (κ3) is 8.84. The Labute approximate surface area is 309 Å². The SMILES string of the molecule is O=C(NC1CC(=O)N(Cc2cccc(-c3ccc([C@H]4O[C@@H](CN5CCC[C@H]5CO)C[C@@H](c5ccc(CO)cc5)O4)cc3)c2)C1=O)OCc1ccccc1. The maximum absolute atomic E-state index is 13.2. The third-order valence-electron chi connectivity index (χ3n) is 10.3. The molecule has 3 heterocycles. The average Bonchev–Trinajstić information content (AvgIpc) is 3.76. The number of carbonyl (C=O) groups is 3. The molecule has 4 aromatic rings. The van der Waals surface area contributed by atoms with Crippen LogP contribution in [0.4, 0.5) is 4.79 Å². The lowest BCUT2D eigenvalue weighted by Gasteiger charge is -2.38. The molecule has 11 heteroatoms. The van der Waals surface area contributed by atoms with Gasteiger partial charge in [0.15, 0.2) is 6.29 Å². The number of carbonyl (C=O) groups excluding carboxylic acids is 3. The first-order chi connectivity index (χ1) is 25.9. The van der Waals surface area contributed by atoms with Crippen LogP contribution in [0.25, 0.3) is 11.1 Å². The summed E-state index contributed by atoms with van der Waals surface area (Å²) >= 11 is 0. The summed E-state index contributed by atoms with van der Waals surface area (Å²) in [5.74, 6) is -0.824. The van der Waals surface area contributed by atoms with Crippen molar-refractivity contribution in [1.29, 1.82) is 0 Å². The van der Waals surface area contributed by atoms with E-state index in [1.165, 1.54) is 4.90 Å². The molecule has 3 amide bonds. The third-order valence-corrected chi connectivity index (χ3v) is 10.3. The second kappa shape index (κ2) is 16.8. The van der Waals surface area contributed by atoms with Gasteiger partial charge in [-0.15, -0.1) is 0 Å². The van der Waals surface area contributed by atoms with E-state index in [0.717, 1.165) is 58.3 Å². The molecular weight excluding hydrogens is 674 g/mol. The van der Waals surface area contributed by atoms with Gasteiger partial charge in [0.25, 0.3) is 5.91 Å². The summed E-state index contributed by atoms with van der Waals surface area (Å²) in [6.07, 6.45) is 0.923. The van der Waals surface area contributed by atoms with Crippen molar-refractivity contribution >= 4 is 17.9 Å². The molecule has 0 bridgehead atoms. The van der Waals surface area contributed by atoms with Crippen LogP contribution in [0.15, 0.2) is 103 Å². The van der Waals surface area contributed by atoms with Crippen molar-refractivity contribution in [3.63, 3.8) is 0 Å². The van der Waals surface area contributed by atoms with Crippen LogP contribution in [0.5, 0.6) is 0 Å². The topological polar surface area (TPSA) is 138 Å². The molecule has 1 unspecified atom stereocenters. The fourth-order valence-corrected chi connectivity index (χ4v) is 7.37. The van der Waals surface area contributed by atoms with Crippen LogP contribution in [-0.4, -0.2) is 75.8 Å². The minimum Gasteiger partial charge on any atom is -0.445 e. The lowest BCUT2D eigenvalue weighted by atomic mass is 9.98. The Kier molecular flexibility index (Phi) is 11.6. The summed E-state index contributed by atoms with van der Waals surface area (Å²) in [5, 5.41) is 22.0. The second-order valence-corrected chi connectivity index (χ2v) is 13.9. The minimum absolute atomic E-state index is 0.0205. The number of imide groups is 1. The number of benzene rings is 4. The molecule has 3 aliphatic heterocycles. The van der Waals surface area contributed by atoms with Crippen LogP contribution in [0.1, 0.15) is 65.9 Å². The summed E-state index contributed by atoms with van der Waals surface area (Å²) < 4.78 is 18.4. The molecule has 0 aromatic heterocycles.